The third kappa shape index (κ3) is 6.44. The minimum absolute atomic E-state index is 0.0591. The Hall–Kier alpha value is -2.11. The van der Waals surface area contributed by atoms with Crippen LogP contribution in [-0.2, 0) is 0 Å². The van der Waals surface area contributed by atoms with Crippen molar-refractivity contribution in [3.05, 3.63) is 70.7 Å². The third-order valence-corrected chi connectivity index (χ3v) is 5.38. The standard InChI is InChI=1S/C24H31BrN2O2/c1-5-7-8-12-22(27(4)17-6-2)29-21-11-9-10-20(26-3)23(21)24(28)18-13-15-19(25)16-14-18/h6,9-11,13-16,22,26H,2,5,7-8,12,17H2,1,3-4H3. The van der Waals surface area contributed by atoms with Gasteiger partial charge in [-0.05, 0) is 56.3 Å². The molecule has 0 saturated carbocycles. The van der Waals surface area contributed by atoms with E-state index in [1.54, 1.807) is 0 Å². The molecule has 1 atom stereocenters. The molecule has 0 amide bonds. The van der Waals surface area contributed by atoms with Gasteiger partial charge in [-0.1, -0.05) is 47.8 Å². The quantitative estimate of drug-likeness (QED) is 0.180. The van der Waals surface area contributed by atoms with Crippen LogP contribution in [0, 0.1) is 0 Å². The van der Waals surface area contributed by atoms with Crippen molar-refractivity contribution in [1.82, 2.24) is 4.90 Å². The average molecular weight is 459 g/mol. The predicted molar refractivity (Wildman–Crippen MR) is 125 cm³/mol. The Morgan fingerprint density at radius 1 is 1.24 bits per heavy atom. The fourth-order valence-electron chi connectivity index (χ4n) is 3.22. The van der Waals surface area contributed by atoms with Gasteiger partial charge in [0.05, 0.1) is 5.56 Å². The van der Waals surface area contributed by atoms with E-state index in [-0.39, 0.29) is 12.0 Å². The Bertz CT molecular complexity index is 805. The number of hydrogen-bond acceptors (Lipinski definition) is 4. The molecule has 0 fully saturated rings. The molecule has 0 aliphatic carbocycles. The fourth-order valence-corrected chi connectivity index (χ4v) is 3.49. The highest BCUT2D eigenvalue weighted by atomic mass is 79.9. The maximum absolute atomic E-state index is 13.3. The number of anilines is 1. The van der Waals surface area contributed by atoms with Crippen LogP contribution < -0.4 is 10.1 Å². The first-order valence-electron chi connectivity index (χ1n) is 10.1. The summed E-state index contributed by atoms with van der Waals surface area (Å²) in [6.07, 6.45) is 6.03. The highest BCUT2D eigenvalue weighted by Crippen LogP contribution is 2.31. The van der Waals surface area contributed by atoms with Crippen LogP contribution in [0.1, 0.15) is 48.5 Å². The molecule has 0 aliphatic heterocycles. The van der Waals surface area contributed by atoms with Gasteiger partial charge < -0.3 is 10.1 Å². The Balaban J connectivity index is 2.38. The van der Waals surface area contributed by atoms with Gasteiger partial charge >= 0.3 is 0 Å². The molecule has 4 nitrogen and oxygen atoms in total. The maximum atomic E-state index is 13.3. The highest BCUT2D eigenvalue weighted by molar-refractivity contribution is 9.10. The Morgan fingerprint density at radius 3 is 2.59 bits per heavy atom. The number of ketones is 1. The lowest BCUT2D eigenvalue weighted by Crippen LogP contribution is -2.37. The normalized spacial score (nSPS) is 11.9. The summed E-state index contributed by atoms with van der Waals surface area (Å²) in [5.74, 6) is 0.540. The molecule has 0 aromatic heterocycles. The second kappa shape index (κ2) is 11.8. The molecule has 156 valence electrons. The minimum Gasteiger partial charge on any atom is -0.474 e. The number of unbranched alkanes of at least 4 members (excludes halogenated alkanes) is 2. The maximum Gasteiger partial charge on any atom is 0.198 e. The number of halogens is 1. The Morgan fingerprint density at radius 2 is 1.97 bits per heavy atom. The molecule has 2 aromatic rings. The summed E-state index contributed by atoms with van der Waals surface area (Å²) in [5.41, 5.74) is 1.95. The van der Waals surface area contributed by atoms with Crippen LogP contribution in [0.4, 0.5) is 5.69 Å². The summed E-state index contributed by atoms with van der Waals surface area (Å²) in [7, 11) is 3.84. The van der Waals surface area contributed by atoms with E-state index in [1.807, 2.05) is 62.6 Å². The lowest BCUT2D eigenvalue weighted by Gasteiger charge is -2.29. The topological polar surface area (TPSA) is 41.6 Å². The first kappa shape index (κ1) is 23.2. The summed E-state index contributed by atoms with van der Waals surface area (Å²) in [5, 5.41) is 3.14. The van der Waals surface area contributed by atoms with E-state index in [1.165, 1.54) is 0 Å². The predicted octanol–water partition coefficient (Wildman–Crippen LogP) is 6.12. The molecule has 0 heterocycles. The van der Waals surface area contributed by atoms with Gasteiger partial charge in [-0.3, -0.25) is 9.69 Å². The van der Waals surface area contributed by atoms with E-state index in [9.17, 15) is 4.79 Å². The number of ether oxygens (including phenoxy) is 1. The smallest absolute Gasteiger partial charge is 0.198 e. The number of nitrogens with one attached hydrogen (secondary N) is 1. The summed E-state index contributed by atoms with van der Waals surface area (Å²) in [4.78, 5) is 15.5. The number of benzene rings is 2. The molecule has 1 unspecified atom stereocenters. The second-order valence-electron chi connectivity index (χ2n) is 7.06. The van der Waals surface area contributed by atoms with Gasteiger partial charge in [0.15, 0.2) is 12.0 Å². The second-order valence-corrected chi connectivity index (χ2v) is 7.98. The lowest BCUT2D eigenvalue weighted by molar-refractivity contribution is 0.0433. The van der Waals surface area contributed by atoms with Crippen LogP contribution in [0.2, 0.25) is 0 Å². The van der Waals surface area contributed by atoms with Crippen LogP contribution in [-0.4, -0.2) is 37.6 Å². The molecule has 2 rings (SSSR count). The number of carbonyl (C=O) groups excluding carboxylic acids is 1. The van der Waals surface area contributed by atoms with Crippen LogP contribution >= 0.6 is 15.9 Å². The summed E-state index contributed by atoms with van der Waals surface area (Å²) < 4.78 is 7.36. The van der Waals surface area contributed by atoms with E-state index in [0.29, 0.717) is 16.9 Å². The molecule has 1 N–H and O–H groups in total. The molecule has 0 spiro atoms. The van der Waals surface area contributed by atoms with Crippen LogP contribution in [0.25, 0.3) is 0 Å². The monoisotopic (exact) mass is 458 g/mol. The SMILES string of the molecule is C=CCN(C)C(CCCCC)Oc1cccc(NC)c1C(=O)c1ccc(Br)cc1. The van der Waals surface area contributed by atoms with E-state index in [4.69, 9.17) is 4.74 Å². The van der Waals surface area contributed by atoms with Crippen molar-refractivity contribution in [2.75, 3.05) is 26.0 Å². The zero-order valence-electron chi connectivity index (χ0n) is 17.6. The first-order valence-corrected chi connectivity index (χ1v) is 10.9. The third-order valence-electron chi connectivity index (χ3n) is 4.86. The Kier molecular flexibility index (Phi) is 9.42. The zero-order valence-corrected chi connectivity index (χ0v) is 19.2. The molecule has 5 heteroatoms. The number of nitrogens with zero attached hydrogens (tertiary/aromatic N) is 1. The average Bonchev–Trinajstić information content (AvgIpc) is 2.73. The summed E-state index contributed by atoms with van der Waals surface area (Å²) in [6.45, 7) is 6.75. The van der Waals surface area contributed by atoms with Crippen molar-refractivity contribution in [2.45, 2.75) is 38.8 Å². The van der Waals surface area contributed by atoms with Crippen molar-refractivity contribution in [3.63, 3.8) is 0 Å². The first-order chi connectivity index (χ1) is 14.0. The van der Waals surface area contributed by atoms with E-state index in [0.717, 1.165) is 42.4 Å². The van der Waals surface area contributed by atoms with Gasteiger partial charge in [0.1, 0.15) is 5.75 Å². The molecule has 0 saturated heterocycles. The van der Waals surface area contributed by atoms with Gasteiger partial charge in [-0.25, -0.2) is 0 Å². The summed E-state index contributed by atoms with van der Waals surface area (Å²) in [6, 6.07) is 13.1. The van der Waals surface area contributed by atoms with Crippen molar-refractivity contribution in [1.29, 1.82) is 0 Å². The fraction of sp³-hybridized carbons (Fsp3) is 0.375. The largest absolute Gasteiger partial charge is 0.474 e. The van der Waals surface area contributed by atoms with Crippen molar-refractivity contribution >= 4 is 27.4 Å². The molecule has 0 radical (unpaired) electrons. The van der Waals surface area contributed by atoms with Gasteiger partial charge in [0.2, 0.25) is 0 Å². The summed E-state index contributed by atoms with van der Waals surface area (Å²) >= 11 is 3.42. The minimum atomic E-state index is -0.122. The highest BCUT2D eigenvalue weighted by Gasteiger charge is 2.23. The molecule has 29 heavy (non-hydrogen) atoms. The van der Waals surface area contributed by atoms with Gasteiger partial charge in [0, 0.05) is 29.3 Å². The zero-order chi connectivity index (χ0) is 21.2. The molecular formula is C24H31BrN2O2. The number of likely N-dealkylation sites (N-methyl/N-ethyl adjacent to an activating group) is 1. The number of hydrogen-bond donors (Lipinski definition) is 1. The molecule has 0 bridgehead atoms. The van der Waals surface area contributed by atoms with E-state index >= 15 is 0 Å². The number of carbonyl (C=O) groups is 1. The van der Waals surface area contributed by atoms with Gasteiger partial charge in [0.25, 0.3) is 0 Å². The van der Waals surface area contributed by atoms with Gasteiger partial charge in [-0.15, -0.1) is 6.58 Å². The molecule has 2 aromatic carbocycles. The molecule has 0 aliphatic rings. The van der Waals surface area contributed by atoms with E-state index < -0.39 is 0 Å². The Labute approximate surface area is 183 Å². The molecular weight excluding hydrogens is 428 g/mol. The van der Waals surface area contributed by atoms with Crippen LogP contribution in [0.15, 0.2) is 59.6 Å². The van der Waals surface area contributed by atoms with Gasteiger partial charge in [-0.2, -0.15) is 0 Å². The number of rotatable bonds is 12. The van der Waals surface area contributed by atoms with Crippen LogP contribution in [0.5, 0.6) is 5.75 Å². The lowest BCUT2D eigenvalue weighted by atomic mass is 10.0. The van der Waals surface area contributed by atoms with Crippen molar-refractivity contribution in [3.8, 4) is 5.75 Å². The van der Waals surface area contributed by atoms with Crippen LogP contribution in [0.3, 0.4) is 0 Å². The van der Waals surface area contributed by atoms with E-state index in [2.05, 4.69) is 39.6 Å². The van der Waals surface area contributed by atoms with Crippen molar-refractivity contribution < 1.29 is 9.53 Å². The van der Waals surface area contributed by atoms with Crippen molar-refractivity contribution in [2.24, 2.45) is 0 Å².